The van der Waals surface area contributed by atoms with E-state index in [1.807, 2.05) is 33.2 Å². The van der Waals surface area contributed by atoms with Crippen LogP contribution in [0.15, 0.2) is 18.3 Å². The fourth-order valence-electron chi connectivity index (χ4n) is 2.95. The quantitative estimate of drug-likeness (QED) is 0.938. The molecule has 22 heavy (non-hydrogen) atoms. The fourth-order valence-corrected chi connectivity index (χ4v) is 2.95. The summed E-state index contributed by atoms with van der Waals surface area (Å²) in [6, 6.07) is 4.06. The molecule has 6 heteroatoms. The Morgan fingerprint density at radius 3 is 2.55 bits per heavy atom. The SMILES string of the molecule is CNc1cc(C2CCN(c3ccnc(C)n3)CC2)nc(C)n1. The molecule has 6 nitrogen and oxygen atoms in total. The van der Waals surface area contributed by atoms with Crippen LogP contribution in [0, 0.1) is 13.8 Å². The highest BCUT2D eigenvalue weighted by molar-refractivity contribution is 5.40. The molecule has 0 spiro atoms. The second kappa shape index (κ2) is 6.25. The molecule has 0 atom stereocenters. The van der Waals surface area contributed by atoms with Gasteiger partial charge in [0.05, 0.1) is 0 Å². The van der Waals surface area contributed by atoms with E-state index < -0.39 is 0 Å². The Labute approximate surface area is 131 Å². The van der Waals surface area contributed by atoms with Crippen LogP contribution >= 0.6 is 0 Å². The van der Waals surface area contributed by atoms with Crippen LogP contribution in [-0.2, 0) is 0 Å². The summed E-state index contributed by atoms with van der Waals surface area (Å²) in [5, 5.41) is 3.11. The second-order valence-corrected chi connectivity index (χ2v) is 5.70. The second-order valence-electron chi connectivity index (χ2n) is 5.70. The standard InChI is InChI=1S/C16H22N6/c1-11-18-7-4-16(21-11)22-8-5-13(6-9-22)14-10-15(17-3)20-12(2)19-14/h4,7,10,13H,5-6,8-9H2,1-3H3,(H,17,19,20). The van der Waals surface area contributed by atoms with E-state index >= 15 is 0 Å². The molecule has 2 aromatic rings. The van der Waals surface area contributed by atoms with Crippen molar-refractivity contribution in [3.63, 3.8) is 0 Å². The van der Waals surface area contributed by atoms with E-state index in [0.29, 0.717) is 5.92 Å². The zero-order valence-electron chi connectivity index (χ0n) is 13.4. The molecule has 1 aliphatic heterocycles. The minimum absolute atomic E-state index is 0.494. The largest absolute Gasteiger partial charge is 0.373 e. The molecular formula is C16H22N6. The van der Waals surface area contributed by atoms with Gasteiger partial charge >= 0.3 is 0 Å². The Morgan fingerprint density at radius 2 is 1.86 bits per heavy atom. The fraction of sp³-hybridized carbons (Fsp3) is 0.500. The number of aryl methyl sites for hydroxylation is 2. The molecular weight excluding hydrogens is 276 g/mol. The monoisotopic (exact) mass is 298 g/mol. The van der Waals surface area contributed by atoms with Gasteiger partial charge in [-0.05, 0) is 32.8 Å². The molecule has 116 valence electrons. The van der Waals surface area contributed by atoms with Crippen molar-refractivity contribution in [2.24, 2.45) is 0 Å². The molecule has 1 saturated heterocycles. The third kappa shape index (κ3) is 3.16. The van der Waals surface area contributed by atoms with Crippen LogP contribution in [0.3, 0.4) is 0 Å². The van der Waals surface area contributed by atoms with Gasteiger partial charge < -0.3 is 10.2 Å². The van der Waals surface area contributed by atoms with E-state index in [1.54, 1.807) is 0 Å². The lowest BCUT2D eigenvalue weighted by molar-refractivity contribution is 0.492. The number of aromatic nitrogens is 4. The minimum atomic E-state index is 0.494. The van der Waals surface area contributed by atoms with Gasteiger partial charge in [0, 0.05) is 44.0 Å². The Bertz CT molecular complexity index is 649. The third-order valence-corrected chi connectivity index (χ3v) is 4.11. The third-order valence-electron chi connectivity index (χ3n) is 4.11. The number of nitrogens with zero attached hydrogens (tertiary/aromatic N) is 5. The molecule has 1 aliphatic rings. The molecule has 2 aromatic heterocycles. The van der Waals surface area contributed by atoms with Gasteiger partial charge in [-0.3, -0.25) is 0 Å². The van der Waals surface area contributed by atoms with Crippen LogP contribution in [-0.4, -0.2) is 40.1 Å². The Morgan fingerprint density at radius 1 is 1.09 bits per heavy atom. The maximum atomic E-state index is 4.62. The number of hydrogen-bond donors (Lipinski definition) is 1. The molecule has 1 fully saturated rings. The van der Waals surface area contributed by atoms with Gasteiger partial charge in [-0.2, -0.15) is 0 Å². The van der Waals surface area contributed by atoms with Crippen LogP contribution in [0.4, 0.5) is 11.6 Å². The maximum Gasteiger partial charge on any atom is 0.132 e. The van der Waals surface area contributed by atoms with Gasteiger partial charge in [0.1, 0.15) is 23.3 Å². The summed E-state index contributed by atoms with van der Waals surface area (Å²) in [5.41, 5.74) is 1.15. The van der Waals surface area contributed by atoms with E-state index in [9.17, 15) is 0 Å². The Hall–Kier alpha value is -2.24. The van der Waals surface area contributed by atoms with Gasteiger partial charge in [-0.25, -0.2) is 19.9 Å². The minimum Gasteiger partial charge on any atom is -0.373 e. The summed E-state index contributed by atoms with van der Waals surface area (Å²) < 4.78 is 0. The highest BCUT2D eigenvalue weighted by atomic mass is 15.2. The summed E-state index contributed by atoms with van der Waals surface area (Å²) in [7, 11) is 1.89. The van der Waals surface area contributed by atoms with Crippen LogP contribution in [0.25, 0.3) is 0 Å². The van der Waals surface area contributed by atoms with Gasteiger partial charge in [0.15, 0.2) is 0 Å². The molecule has 3 rings (SSSR count). The lowest BCUT2D eigenvalue weighted by Gasteiger charge is -2.32. The number of piperidine rings is 1. The molecule has 0 radical (unpaired) electrons. The van der Waals surface area contributed by atoms with Crippen LogP contribution in [0.1, 0.15) is 36.1 Å². The number of nitrogens with one attached hydrogen (secondary N) is 1. The van der Waals surface area contributed by atoms with Crippen molar-refractivity contribution in [1.82, 2.24) is 19.9 Å². The smallest absolute Gasteiger partial charge is 0.132 e. The van der Waals surface area contributed by atoms with Crippen molar-refractivity contribution in [2.45, 2.75) is 32.6 Å². The first-order valence-corrected chi connectivity index (χ1v) is 7.73. The highest BCUT2D eigenvalue weighted by Crippen LogP contribution is 2.29. The van der Waals surface area contributed by atoms with Crippen molar-refractivity contribution in [3.8, 4) is 0 Å². The predicted octanol–water partition coefficient (Wildman–Crippen LogP) is 2.31. The zero-order valence-corrected chi connectivity index (χ0v) is 13.4. The predicted molar refractivity (Wildman–Crippen MR) is 87.3 cm³/mol. The molecule has 0 bridgehead atoms. The molecule has 3 heterocycles. The number of hydrogen-bond acceptors (Lipinski definition) is 6. The van der Waals surface area contributed by atoms with Crippen LogP contribution in [0.2, 0.25) is 0 Å². The van der Waals surface area contributed by atoms with E-state index in [1.165, 1.54) is 0 Å². The van der Waals surface area contributed by atoms with Crippen molar-refractivity contribution < 1.29 is 0 Å². The van der Waals surface area contributed by atoms with Crippen molar-refractivity contribution in [1.29, 1.82) is 0 Å². The Kier molecular flexibility index (Phi) is 4.18. The van der Waals surface area contributed by atoms with E-state index in [0.717, 1.165) is 54.9 Å². The number of rotatable bonds is 3. The summed E-state index contributed by atoms with van der Waals surface area (Å²) in [4.78, 5) is 20.0. The van der Waals surface area contributed by atoms with Crippen molar-refractivity contribution in [2.75, 3.05) is 30.4 Å². The van der Waals surface area contributed by atoms with E-state index in [4.69, 9.17) is 0 Å². The molecule has 0 unspecified atom stereocenters. The lowest BCUT2D eigenvalue weighted by atomic mass is 9.93. The normalized spacial score (nSPS) is 15.9. The van der Waals surface area contributed by atoms with Crippen molar-refractivity contribution >= 4 is 11.6 Å². The molecule has 1 N–H and O–H groups in total. The summed E-state index contributed by atoms with van der Waals surface area (Å²) in [6.07, 6.45) is 4.00. The molecule has 0 amide bonds. The molecule has 0 aliphatic carbocycles. The van der Waals surface area contributed by atoms with Gasteiger partial charge in [-0.15, -0.1) is 0 Å². The zero-order chi connectivity index (χ0) is 15.5. The van der Waals surface area contributed by atoms with E-state index in [-0.39, 0.29) is 0 Å². The first kappa shape index (κ1) is 14.7. The van der Waals surface area contributed by atoms with Crippen molar-refractivity contribution in [3.05, 3.63) is 35.7 Å². The first-order chi connectivity index (χ1) is 10.7. The Balaban J connectivity index is 1.70. The van der Waals surface area contributed by atoms with Gasteiger partial charge in [0.25, 0.3) is 0 Å². The average Bonchev–Trinajstić information content (AvgIpc) is 2.54. The molecule has 0 saturated carbocycles. The first-order valence-electron chi connectivity index (χ1n) is 7.73. The molecule has 0 aromatic carbocycles. The number of anilines is 2. The topological polar surface area (TPSA) is 66.8 Å². The van der Waals surface area contributed by atoms with Crippen LogP contribution in [0.5, 0.6) is 0 Å². The maximum absolute atomic E-state index is 4.62. The summed E-state index contributed by atoms with van der Waals surface area (Å²) in [5.74, 6) is 4.07. The summed E-state index contributed by atoms with van der Waals surface area (Å²) in [6.45, 7) is 5.88. The lowest BCUT2D eigenvalue weighted by Crippen LogP contribution is -2.34. The average molecular weight is 298 g/mol. The van der Waals surface area contributed by atoms with Gasteiger partial charge in [-0.1, -0.05) is 0 Å². The van der Waals surface area contributed by atoms with E-state index in [2.05, 4.69) is 36.2 Å². The van der Waals surface area contributed by atoms with Crippen LogP contribution < -0.4 is 10.2 Å². The highest BCUT2D eigenvalue weighted by Gasteiger charge is 2.23. The van der Waals surface area contributed by atoms with Gasteiger partial charge in [0.2, 0.25) is 0 Å². The summed E-state index contributed by atoms with van der Waals surface area (Å²) >= 11 is 0.